The van der Waals surface area contributed by atoms with Gasteiger partial charge < -0.3 is 4.74 Å². The van der Waals surface area contributed by atoms with Gasteiger partial charge in [0.1, 0.15) is 5.03 Å². The topological polar surface area (TPSA) is 22.1 Å². The van der Waals surface area contributed by atoms with E-state index >= 15 is 0 Å². The zero-order valence-electron chi connectivity index (χ0n) is 8.12. The Morgan fingerprint density at radius 2 is 2.38 bits per heavy atom. The maximum Gasteiger partial charge on any atom is 0.151 e. The molecule has 1 heterocycles. The third-order valence-electron chi connectivity index (χ3n) is 1.69. The van der Waals surface area contributed by atoms with E-state index in [1.54, 1.807) is 18.0 Å². The molecule has 2 nitrogen and oxygen atoms in total. The molecule has 0 aliphatic carbocycles. The van der Waals surface area contributed by atoms with Crippen LogP contribution in [0.15, 0.2) is 23.4 Å². The van der Waals surface area contributed by atoms with Crippen LogP contribution in [-0.4, -0.2) is 17.8 Å². The van der Waals surface area contributed by atoms with Gasteiger partial charge in [0.15, 0.2) is 5.75 Å². The molecule has 72 valence electrons. The van der Waals surface area contributed by atoms with Crippen molar-refractivity contribution in [1.29, 1.82) is 0 Å². The lowest BCUT2D eigenvalue weighted by Crippen LogP contribution is -1.98. The van der Waals surface area contributed by atoms with Gasteiger partial charge in [0.2, 0.25) is 0 Å². The summed E-state index contributed by atoms with van der Waals surface area (Å²) in [6, 6.07) is 3.87. The number of nitrogens with zero attached hydrogens (tertiary/aromatic N) is 1. The second kappa shape index (κ2) is 5.86. The highest BCUT2D eigenvalue weighted by molar-refractivity contribution is 7.98. The van der Waals surface area contributed by atoms with Crippen LogP contribution in [0.5, 0.6) is 5.75 Å². The van der Waals surface area contributed by atoms with E-state index in [0.29, 0.717) is 0 Å². The Balaban J connectivity index is 2.54. The summed E-state index contributed by atoms with van der Waals surface area (Å²) in [6.07, 6.45) is 6.06. The second-order valence-electron chi connectivity index (χ2n) is 2.71. The second-order valence-corrected chi connectivity index (χ2v) is 3.51. The average Bonchev–Trinajstić information content (AvgIpc) is 2.19. The molecular weight excluding hydrogens is 182 g/mol. The van der Waals surface area contributed by atoms with Gasteiger partial charge in [-0.25, -0.2) is 4.98 Å². The van der Waals surface area contributed by atoms with Gasteiger partial charge in [-0.15, -0.1) is 11.8 Å². The van der Waals surface area contributed by atoms with Crippen LogP contribution in [0.3, 0.4) is 0 Å². The molecule has 0 radical (unpaired) electrons. The molecule has 0 spiro atoms. The smallest absolute Gasteiger partial charge is 0.151 e. The maximum absolute atomic E-state index is 5.59. The molecule has 13 heavy (non-hydrogen) atoms. The molecule has 0 unspecified atom stereocenters. The molecule has 0 fully saturated rings. The molecule has 1 rings (SSSR count). The van der Waals surface area contributed by atoms with Gasteiger partial charge >= 0.3 is 0 Å². The fourth-order valence-corrected chi connectivity index (χ4v) is 1.46. The van der Waals surface area contributed by atoms with Crippen molar-refractivity contribution in [3.8, 4) is 5.75 Å². The van der Waals surface area contributed by atoms with Gasteiger partial charge in [-0.2, -0.15) is 0 Å². The van der Waals surface area contributed by atoms with Crippen molar-refractivity contribution in [2.45, 2.75) is 24.8 Å². The van der Waals surface area contributed by atoms with E-state index in [0.717, 1.165) is 30.2 Å². The summed E-state index contributed by atoms with van der Waals surface area (Å²) in [5, 5.41) is 0.971. The molecule has 0 atom stereocenters. The van der Waals surface area contributed by atoms with Gasteiger partial charge in [-0.1, -0.05) is 13.3 Å². The quantitative estimate of drug-likeness (QED) is 0.535. The fourth-order valence-electron chi connectivity index (χ4n) is 0.966. The Morgan fingerprint density at radius 3 is 3.08 bits per heavy atom. The molecule has 0 bridgehead atoms. The Hall–Kier alpha value is -0.700. The van der Waals surface area contributed by atoms with Crippen LogP contribution in [0.1, 0.15) is 19.8 Å². The van der Waals surface area contributed by atoms with Crippen molar-refractivity contribution in [3.63, 3.8) is 0 Å². The van der Waals surface area contributed by atoms with Crippen molar-refractivity contribution < 1.29 is 4.74 Å². The highest BCUT2D eigenvalue weighted by Crippen LogP contribution is 2.24. The molecule has 0 aromatic carbocycles. The van der Waals surface area contributed by atoms with Crippen LogP contribution < -0.4 is 4.74 Å². The van der Waals surface area contributed by atoms with E-state index in [1.807, 2.05) is 18.4 Å². The predicted octanol–water partition coefficient (Wildman–Crippen LogP) is 2.98. The van der Waals surface area contributed by atoms with E-state index in [2.05, 4.69) is 11.9 Å². The molecule has 0 saturated heterocycles. The van der Waals surface area contributed by atoms with Gasteiger partial charge in [-0.05, 0) is 24.8 Å². The first kappa shape index (κ1) is 10.4. The SMILES string of the molecule is CCCCOc1cccnc1SC. The molecular formula is C10H15NOS. The largest absolute Gasteiger partial charge is 0.491 e. The first-order valence-electron chi connectivity index (χ1n) is 4.50. The molecule has 0 N–H and O–H groups in total. The van der Waals surface area contributed by atoms with Crippen LogP contribution in [0.2, 0.25) is 0 Å². The van der Waals surface area contributed by atoms with Gasteiger partial charge in [0, 0.05) is 6.20 Å². The van der Waals surface area contributed by atoms with Crippen molar-refractivity contribution >= 4 is 11.8 Å². The third kappa shape index (κ3) is 3.27. The Kier molecular flexibility index (Phi) is 4.68. The number of pyridine rings is 1. The van der Waals surface area contributed by atoms with Crippen LogP contribution >= 0.6 is 11.8 Å². The molecule has 0 aliphatic heterocycles. The summed E-state index contributed by atoms with van der Waals surface area (Å²) in [4.78, 5) is 4.21. The number of aromatic nitrogens is 1. The third-order valence-corrected chi connectivity index (χ3v) is 2.38. The van der Waals surface area contributed by atoms with Crippen LogP contribution in [0, 0.1) is 0 Å². The fraction of sp³-hybridized carbons (Fsp3) is 0.500. The normalized spacial score (nSPS) is 10.0. The lowest BCUT2D eigenvalue weighted by molar-refractivity contribution is 0.300. The lowest BCUT2D eigenvalue weighted by Gasteiger charge is -2.07. The predicted molar refractivity (Wildman–Crippen MR) is 56.4 cm³/mol. The average molecular weight is 197 g/mol. The Labute approximate surface area is 83.7 Å². The van der Waals surface area contributed by atoms with Crippen molar-refractivity contribution in [2.75, 3.05) is 12.9 Å². The summed E-state index contributed by atoms with van der Waals surface area (Å²) in [7, 11) is 0. The number of ether oxygens (including phenoxy) is 1. The standard InChI is InChI=1S/C10H15NOS/c1-3-4-8-12-9-6-5-7-11-10(9)13-2/h5-7H,3-4,8H2,1-2H3. The summed E-state index contributed by atoms with van der Waals surface area (Å²) in [5.41, 5.74) is 0. The number of thioether (sulfide) groups is 1. The van der Waals surface area contributed by atoms with Gasteiger partial charge in [0.25, 0.3) is 0 Å². The van der Waals surface area contributed by atoms with Gasteiger partial charge in [0.05, 0.1) is 6.61 Å². The Morgan fingerprint density at radius 1 is 1.54 bits per heavy atom. The number of unbranched alkanes of at least 4 members (excludes halogenated alkanes) is 1. The van der Waals surface area contributed by atoms with Gasteiger partial charge in [-0.3, -0.25) is 0 Å². The summed E-state index contributed by atoms with van der Waals surface area (Å²) in [6.45, 7) is 2.94. The van der Waals surface area contributed by atoms with Crippen LogP contribution in [0.25, 0.3) is 0 Å². The first-order valence-corrected chi connectivity index (χ1v) is 5.72. The van der Waals surface area contributed by atoms with Crippen molar-refractivity contribution in [3.05, 3.63) is 18.3 Å². The molecule has 1 aromatic heterocycles. The number of rotatable bonds is 5. The van der Waals surface area contributed by atoms with Crippen LogP contribution in [0.4, 0.5) is 0 Å². The first-order chi connectivity index (χ1) is 6.38. The lowest BCUT2D eigenvalue weighted by atomic mass is 10.4. The highest BCUT2D eigenvalue weighted by Gasteiger charge is 2.01. The highest BCUT2D eigenvalue weighted by atomic mass is 32.2. The zero-order chi connectivity index (χ0) is 9.52. The molecule has 0 saturated carbocycles. The molecule has 0 aliphatic rings. The van der Waals surface area contributed by atoms with Crippen LogP contribution in [-0.2, 0) is 0 Å². The number of hydrogen-bond donors (Lipinski definition) is 0. The van der Waals surface area contributed by atoms with Crippen molar-refractivity contribution in [2.24, 2.45) is 0 Å². The Bertz CT molecular complexity index is 252. The van der Waals surface area contributed by atoms with E-state index in [1.165, 1.54) is 0 Å². The minimum atomic E-state index is 0.787. The minimum absolute atomic E-state index is 0.787. The monoisotopic (exact) mass is 197 g/mol. The molecule has 0 amide bonds. The number of hydrogen-bond acceptors (Lipinski definition) is 3. The summed E-state index contributed by atoms with van der Waals surface area (Å²) < 4.78 is 5.59. The zero-order valence-corrected chi connectivity index (χ0v) is 8.93. The van der Waals surface area contributed by atoms with E-state index in [-0.39, 0.29) is 0 Å². The van der Waals surface area contributed by atoms with E-state index in [9.17, 15) is 0 Å². The minimum Gasteiger partial charge on any atom is -0.491 e. The molecule has 3 heteroatoms. The molecule has 1 aromatic rings. The summed E-state index contributed by atoms with van der Waals surface area (Å²) in [5.74, 6) is 0.906. The van der Waals surface area contributed by atoms with Crippen molar-refractivity contribution in [1.82, 2.24) is 4.98 Å². The van der Waals surface area contributed by atoms with E-state index in [4.69, 9.17) is 4.74 Å². The van der Waals surface area contributed by atoms with E-state index < -0.39 is 0 Å². The summed E-state index contributed by atoms with van der Waals surface area (Å²) >= 11 is 1.62. The maximum atomic E-state index is 5.59.